The van der Waals surface area contributed by atoms with Gasteiger partial charge < -0.3 is 15.3 Å². The van der Waals surface area contributed by atoms with Crippen molar-refractivity contribution in [3.63, 3.8) is 0 Å². The predicted octanol–water partition coefficient (Wildman–Crippen LogP) is 1.31. The molecule has 0 saturated heterocycles. The molecule has 8 heteroatoms. The van der Waals surface area contributed by atoms with Gasteiger partial charge in [-0.3, -0.25) is 14.4 Å². The first-order valence-electron chi connectivity index (χ1n) is 7.68. The van der Waals surface area contributed by atoms with E-state index in [1.54, 1.807) is 24.3 Å². The van der Waals surface area contributed by atoms with Gasteiger partial charge in [-0.2, -0.15) is 0 Å². The maximum Gasteiger partial charge on any atom is 0.336 e. The van der Waals surface area contributed by atoms with Gasteiger partial charge in [-0.05, 0) is 30.3 Å². The van der Waals surface area contributed by atoms with Gasteiger partial charge in [0, 0.05) is 5.56 Å². The van der Waals surface area contributed by atoms with Crippen molar-refractivity contribution < 1.29 is 28.8 Å². The number of hydroxylamine groups is 2. The topological polar surface area (TPSA) is 116 Å². The standard InChI is InChI=1S/C18H14N2O6/c19-16(22)11-4-3-5-12(10-11)25-9-8-15(21)26-20-17(23)13-6-1-2-7-14(13)18(20)24/h1-7,10H,8-9H2,(H2,19,22). The van der Waals surface area contributed by atoms with Gasteiger partial charge in [0.2, 0.25) is 5.91 Å². The summed E-state index contributed by atoms with van der Waals surface area (Å²) in [7, 11) is 0. The summed E-state index contributed by atoms with van der Waals surface area (Å²) in [5.41, 5.74) is 5.82. The van der Waals surface area contributed by atoms with Crippen molar-refractivity contribution in [3.05, 3.63) is 65.2 Å². The molecule has 132 valence electrons. The summed E-state index contributed by atoms with van der Waals surface area (Å²) in [6, 6.07) is 12.4. The minimum absolute atomic E-state index is 0.0653. The van der Waals surface area contributed by atoms with Gasteiger partial charge in [0.05, 0.1) is 24.2 Å². The minimum Gasteiger partial charge on any atom is -0.493 e. The summed E-state index contributed by atoms with van der Waals surface area (Å²) < 4.78 is 5.35. The lowest BCUT2D eigenvalue weighted by molar-refractivity contribution is -0.169. The summed E-state index contributed by atoms with van der Waals surface area (Å²) in [5, 5.41) is 0.445. The van der Waals surface area contributed by atoms with Gasteiger partial charge in [-0.25, -0.2) is 4.79 Å². The highest BCUT2D eigenvalue weighted by Gasteiger charge is 2.38. The SMILES string of the molecule is NC(=O)c1cccc(OCCC(=O)ON2C(=O)c3ccccc3C2=O)c1. The Morgan fingerprint density at radius 1 is 0.962 bits per heavy atom. The van der Waals surface area contributed by atoms with Gasteiger partial charge in [-0.15, -0.1) is 0 Å². The third-order valence-electron chi connectivity index (χ3n) is 3.64. The van der Waals surface area contributed by atoms with Crippen LogP contribution in [0.4, 0.5) is 0 Å². The molecule has 0 aromatic heterocycles. The number of benzene rings is 2. The molecule has 2 aromatic rings. The van der Waals surface area contributed by atoms with Crippen molar-refractivity contribution in [2.24, 2.45) is 5.73 Å². The lowest BCUT2D eigenvalue weighted by atomic mass is 10.1. The molecule has 2 N–H and O–H groups in total. The summed E-state index contributed by atoms with van der Waals surface area (Å²) in [5.74, 6) is -2.41. The van der Waals surface area contributed by atoms with Crippen LogP contribution >= 0.6 is 0 Å². The molecular weight excluding hydrogens is 340 g/mol. The Balaban J connectivity index is 1.54. The zero-order chi connectivity index (χ0) is 18.7. The maximum atomic E-state index is 12.1. The van der Waals surface area contributed by atoms with Crippen LogP contribution in [0.2, 0.25) is 0 Å². The van der Waals surface area contributed by atoms with E-state index in [2.05, 4.69) is 0 Å². The quantitative estimate of drug-likeness (QED) is 0.782. The third-order valence-corrected chi connectivity index (χ3v) is 3.64. The number of ether oxygens (including phenoxy) is 1. The van der Waals surface area contributed by atoms with E-state index in [1.165, 1.54) is 24.3 Å². The van der Waals surface area contributed by atoms with E-state index >= 15 is 0 Å². The average Bonchev–Trinajstić information content (AvgIpc) is 2.87. The molecule has 3 amide bonds. The molecule has 2 aromatic carbocycles. The van der Waals surface area contributed by atoms with Gasteiger partial charge in [-0.1, -0.05) is 23.3 Å². The van der Waals surface area contributed by atoms with Crippen LogP contribution in [-0.2, 0) is 9.63 Å². The van der Waals surface area contributed by atoms with Crippen LogP contribution in [0.5, 0.6) is 5.75 Å². The van der Waals surface area contributed by atoms with Crippen LogP contribution in [-0.4, -0.2) is 35.4 Å². The van der Waals surface area contributed by atoms with Crippen molar-refractivity contribution >= 4 is 23.7 Å². The number of carbonyl (C=O) groups is 4. The number of carbonyl (C=O) groups excluding carboxylic acids is 4. The summed E-state index contributed by atoms with van der Waals surface area (Å²) in [6.07, 6.45) is -0.200. The number of nitrogens with zero attached hydrogens (tertiary/aromatic N) is 1. The van der Waals surface area contributed by atoms with E-state index < -0.39 is 23.7 Å². The fraction of sp³-hybridized carbons (Fsp3) is 0.111. The first kappa shape index (κ1) is 17.2. The van der Waals surface area contributed by atoms with Crippen molar-refractivity contribution in [1.82, 2.24) is 5.06 Å². The number of rotatable bonds is 6. The normalized spacial score (nSPS) is 12.7. The molecule has 0 aliphatic carbocycles. The number of hydrogen-bond donors (Lipinski definition) is 1. The number of fused-ring (bicyclic) bond motifs is 1. The second-order valence-corrected chi connectivity index (χ2v) is 5.40. The van der Waals surface area contributed by atoms with Gasteiger partial charge >= 0.3 is 5.97 Å². The molecule has 8 nitrogen and oxygen atoms in total. The van der Waals surface area contributed by atoms with Crippen molar-refractivity contribution in [3.8, 4) is 5.75 Å². The first-order chi connectivity index (χ1) is 12.5. The number of imide groups is 1. The van der Waals surface area contributed by atoms with Gasteiger partial charge in [0.1, 0.15) is 5.75 Å². The number of primary amides is 1. The van der Waals surface area contributed by atoms with Crippen LogP contribution in [0.15, 0.2) is 48.5 Å². The van der Waals surface area contributed by atoms with E-state index in [9.17, 15) is 19.2 Å². The van der Waals surface area contributed by atoms with Gasteiger partial charge in [0.15, 0.2) is 0 Å². The summed E-state index contributed by atoms with van der Waals surface area (Å²) in [6.45, 7) is -0.0653. The second kappa shape index (κ2) is 7.06. The van der Waals surface area contributed by atoms with Crippen molar-refractivity contribution in [2.75, 3.05) is 6.61 Å². The molecule has 3 rings (SSSR count). The molecule has 0 atom stereocenters. The number of hydrogen-bond acceptors (Lipinski definition) is 6. The molecule has 1 aliphatic rings. The van der Waals surface area contributed by atoms with Crippen LogP contribution in [0, 0.1) is 0 Å². The minimum atomic E-state index is -0.800. The van der Waals surface area contributed by atoms with Crippen LogP contribution in [0.25, 0.3) is 0 Å². The molecule has 0 spiro atoms. The number of nitrogens with two attached hydrogens (primary N) is 1. The largest absolute Gasteiger partial charge is 0.493 e. The maximum absolute atomic E-state index is 12.1. The van der Waals surface area contributed by atoms with E-state index in [-0.39, 0.29) is 29.7 Å². The Labute approximate surface area is 148 Å². The van der Waals surface area contributed by atoms with E-state index in [1.807, 2.05) is 0 Å². The highest BCUT2D eigenvalue weighted by Crippen LogP contribution is 2.22. The molecule has 1 aliphatic heterocycles. The third kappa shape index (κ3) is 3.39. The van der Waals surface area contributed by atoms with E-state index in [0.29, 0.717) is 10.8 Å². The molecule has 0 radical (unpaired) electrons. The zero-order valence-corrected chi connectivity index (χ0v) is 13.5. The highest BCUT2D eigenvalue weighted by atomic mass is 16.7. The smallest absolute Gasteiger partial charge is 0.336 e. The Hall–Kier alpha value is -3.68. The zero-order valence-electron chi connectivity index (χ0n) is 13.5. The van der Waals surface area contributed by atoms with Crippen LogP contribution < -0.4 is 10.5 Å². The summed E-state index contributed by atoms with van der Waals surface area (Å²) in [4.78, 5) is 52.0. The molecule has 26 heavy (non-hydrogen) atoms. The van der Waals surface area contributed by atoms with Crippen LogP contribution in [0.1, 0.15) is 37.5 Å². The fourth-order valence-corrected chi connectivity index (χ4v) is 2.39. The molecule has 0 fully saturated rings. The average molecular weight is 354 g/mol. The molecule has 1 heterocycles. The number of amides is 3. The van der Waals surface area contributed by atoms with E-state index in [0.717, 1.165) is 0 Å². The Kier molecular flexibility index (Phi) is 4.66. The summed E-state index contributed by atoms with van der Waals surface area (Å²) >= 11 is 0. The molecule has 0 unspecified atom stereocenters. The fourth-order valence-electron chi connectivity index (χ4n) is 2.39. The monoisotopic (exact) mass is 354 g/mol. The lowest BCUT2D eigenvalue weighted by Crippen LogP contribution is -2.33. The predicted molar refractivity (Wildman–Crippen MR) is 88.1 cm³/mol. The highest BCUT2D eigenvalue weighted by molar-refractivity contribution is 6.20. The Morgan fingerprint density at radius 3 is 2.23 bits per heavy atom. The Bertz CT molecular complexity index is 873. The van der Waals surface area contributed by atoms with E-state index in [4.69, 9.17) is 15.3 Å². The van der Waals surface area contributed by atoms with Crippen molar-refractivity contribution in [1.29, 1.82) is 0 Å². The van der Waals surface area contributed by atoms with Crippen LogP contribution in [0.3, 0.4) is 0 Å². The lowest BCUT2D eigenvalue weighted by Gasteiger charge is -2.13. The molecular formula is C18H14N2O6. The first-order valence-corrected chi connectivity index (χ1v) is 7.68. The second-order valence-electron chi connectivity index (χ2n) is 5.40. The molecule has 0 saturated carbocycles. The Morgan fingerprint density at radius 2 is 1.62 bits per heavy atom. The molecule has 0 bridgehead atoms. The van der Waals surface area contributed by atoms with Gasteiger partial charge in [0.25, 0.3) is 11.8 Å². The van der Waals surface area contributed by atoms with Crippen molar-refractivity contribution in [2.45, 2.75) is 6.42 Å².